The molecule has 0 heterocycles. The van der Waals surface area contributed by atoms with Crippen LogP contribution < -0.4 is 4.74 Å². The highest BCUT2D eigenvalue weighted by Gasteiger charge is 2.24. The average molecular weight is 286 g/mol. The summed E-state index contributed by atoms with van der Waals surface area (Å²) >= 11 is 5.78. The van der Waals surface area contributed by atoms with Gasteiger partial charge < -0.3 is 4.74 Å². The lowest BCUT2D eigenvalue weighted by molar-refractivity contribution is 0.120. The monoisotopic (exact) mass is 285 g/mol. The molecule has 0 saturated heterocycles. The van der Waals surface area contributed by atoms with Crippen molar-refractivity contribution in [3.63, 3.8) is 0 Å². The van der Waals surface area contributed by atoms with Gasteiger partial charge in [-0.05, 0) is 43.5 Å². The van der Waals surface area contributed by atoms with Gasteiger partial charge in [-0.25, -0.2) is 4.39 Å². The van der Waals surface area contributed by atoms with Crippen LogP contribution >= 0.6 is 11.6 Å². The zero-order valence-corrected chi connectivity index (χ0v) is 12.1. The Kier molecular flexibility index (Phi) is 5.46. The van der Waals surface area contributed by atoms with Crippen molar-refractivity contribution in [3.05, 3.63) is 29.6 Å². The Morgan fingerprint density at radius 2 is 2.21 bits per heavy atom. The molecule has 0 aliphatic heterocycles. The SMILES string of the molecule is COc1ccc(CN(CCCCl)C2CCC2)cc1F. The molecule has 106 valence electrons. The van der Waals surface area contributed by atoms with Crippen LogP contribution in [0.25, 0.3) is 0 Å². The molecule has 0 atom stereocenters. The molecule has 1 aliphatic carbocycles. The first-order valence-corrected chi connectivity index (χ1v) is 7.40. The molecule has 0 unspecified atom stereocenters. The van der Waals surface area contributed by atoms with E-state index in [0.29, 0.717) is 17.7 Å². The summed E-state index contributed by atoms with van der Waals surface area (Å²) in [6.45, 7) is 1.78. The fourth-order valence-electron chi connectivity index (χ4n) is 2.45. The summed E-state index contributed by atoms with van der Waals surface area (Å²) in [6.07, 6.45) is 4.79. The van der Waals surface area contributed by atoms with Gasteiger partial charge in [0.1, 0.15) is 0 Å². The van der Waals surface area contributed by atoms with E-state index in [9.17, 15) is 4.39 Å². The average Bonchev–Trinajstić information content (AvgIpc) is 2.34. The van der Waals surface area contributed by atoms with Crippen LogP contribution in [0.2, 0.25) is 0 Å². The lowest BCUT2D eigenvalue weighted by Crippen LogP contribution is -2.40. The van der Waals surface area contributed by atoms with Crippen molar-refractivity contribution in [1.29, 1.82) is 0 Å². The summed E-state index contributed by atoms with van der Waals surface area (Å²) in [6, 6.07) is 5.86. The van der Waals surface area contributed by atoms with E-state index < -0.39 is 0 Å². The van der Waals surface area contributed by atoms with E-state index in [2.05, 4.69) is 4.90 Å². The molecular formula is C15H21ClFNO. The number of halogens is 2. The predicted octanol–water partition coefficient (Wildman–Crippen LogP) is 3.82. The maximum Gasteiger partial charge on any atom is 0.165 e. The first kappa shape index (κ1) is 14.6. The van der Waals surface area contributed by atoms with Gasteiger partial charge in [-0.3, -0.25) is 4.90 Å². The van der Waals surface area contributed by atoms with E-state index in [1.807, 2.05) is 6.07 Å². The minimum atomic E-state index is -0.286. The van der Waals surface area contributed by atoms with Crippen LogP contribution in [0.15, 0.2) is 18.2 Å². The summed E-state index contributed by atoms with van der Waals surface area (Å²) in [7, 11) is 1.49. The topological polar surface area (TPSA) is 12.5 Å². The van der Waals surface area contributed by atoms with Crippen LogP contribution in [0.3, 0.4) is 0 Å². The normalized spacial score (nSPS) is 15.6. The second-order valence-electron chi connectivity index (χ2n) is 5.07. The molecule has 2 nitrogen and oxygen atoms in total. The Bertz CT molecular complexity index is 409. The minimum Gasteiger partial charge on any atom is -0.494 e. The lowest BCUT2D eigenvalue weighted by atomic mass is 9.91. The highest BCUT2D eigenvalue weighted by Crippen LogP contribution is 2.27. The molecule has 1 aliphatic rings. The van der Waals surface area contributed by atoms with E-state index in [1.165, 1.54) is 26.4 Å². The van der Waals surface area contributed by atoms with Crippen molar-refractivity contribution in [3.8, 4) is 5.75 Å². The molecular weight excluding hydrogens is 265 g/mol. The predicted molar refractivity (Wildman–Crippen MR) is 76.3 cm³/mol. The molecule has 4 heteroatoms. The van der Waals surface area contributed by atoms with Crippen molar-refractivity contribution in [2.45, 2.75) is 38.3 Å². The second-order valence-corrected chi connectivity index (χ2v) is 5.44. The Labute approximate surface area is 119 Å². The van der Waals surface area contributed by atoms with Gasteiger partial charge >= 0.3 is 0 Å². The van der Waals surface area contributed by atoms with Crippen molar-refractivity contribution in [2.24, 2.45) is 0 Å². The van der Waals surface area contributed by atoms with E-state index in [0.717, 1.165) is 25.1 Å². The molecule has 0 amide bonds. The zero-order chi connectivity index (χ0) is 13.7. The summed E-state index contributed by atoms with van der Waals surface area (Å²) < 4.78 is 18.6. The largest absolute Gasteiger partial charge is 0.494 e. The van der Waals surface area contributed by atoms with Crippen LogP contribution in [0.5, 0.6) is 5.75 Å². The molecule has 2 rings (SSSR count). The van der Waals surface area contributed by atoms with E-state index in [1.54, 1.807) is 12.1 Å². The van der Waals surface area contributed by atoms with Crippen LogP contribution in [-0.4, -0.2) is 30.5 Å². The Hall–Kier alpha value is -0.800. The summed E-state index contributed by atoms with van der Waals surface area (Å²) in [5.74, 6) is 0.700. The fraction of sp³-hybridized carbons (Fsp3) is 0.600. The first-order valence-electron chi connectivity index (χ1n) is 6.87. The molecule has 19 heavy (non-hydrogen) atoms. The van der Waals surface area contributed by atoms with Crippen molar-refractivity contribution >= 4 is 11.6 Å². The number of hydrogen-bond donors (Lipinski definition) is 0. The standard InChI is InChI=1S/C15H21ClFNO/c1-19-15-7-6-12(10-14(15)17)11-18(9-3-8-16)13-4-2-5-13/h6-7,10,13H,2-5,8-9,11H2,1H3. The van der Waals surface area contributed by atoms with Crippen molar-refractivity contribution in [1.82, 2.24) is 4.90 Å². The molecule has 0 radical (unpaired) electrons. The fourth-order valence-corrected chi connectivity index (χ4v) is 2.57. The highest BCUT2D eigenvalue weighted by atomic mass is 35.5. The molecule has 0 N–H and O–H groups in total. The van der Waals surface area contributed by atoms with Gasteiger partial charge in [0.15, 0.2) is 11.6 Å². The van der Waals surface area contributed by atoms with Gasteiger partial charge in [-0.15, -0.1) is 11.6 Å². The van der Waals surface area contributed by atoms with Gasteiger partial charge in [-0.1, -0.05) is 12.5 Å². The third kappa shape index (κ3) is 3.83. The number of nitrogens with zero attached hydrogens (tertiary/aromatic N) is 1. The number of hydrogen-bond acceptors (Lipinski definition) is 2. The van der Waals surface area contributed by atoms with Crippen LogP contribution in [0, 0.1) is 5.82 Å². The molecule has 0 spiro atoms. The Morgan fingerprint density at radius 1 is 1.42 bits per heavy atom. The Morgan fingerprint density at radius 3 is 2.74 bits per heavy atom. The van der Waals surface area contributed by atoms with Crippen LogP contribution in [0.4, 0.5) is 4.39 Å². The maximum atomic E-state index is 13.7. The van der Waals surface area contributed by atoms with Crippen LogP contribution in [-0.2, 0) is 6.54 Å². The smallest absolute Gasteiger partial charge is 0.165 e. The van der Waals surface area contributed by atoms with Gasteiger partial charge in [0.2, 0.25) is 0 Å². The molecule has 1 aromatic rings. The number of rotatable bonds is 7. The third-order valence-corrected chi connectivity index (χ3v) is 4.04. The highest BCUT2D eigenvalue weighted by molar-refractivity contribution is 6.17. The first-order chi connectivity index (χ1) is 9.24. The summed E-state index contributed by atoms with van der Waals surface area (Å²) in [5.41, 5.74) is 1.000. The Balaban J connectivity index is 2.01. The number of benzene rings is 1. The number of alkyl halides is 1. The van der Waals surface area contributed by atoms with Gasteiger partial charge in [0, 0.05) is 18.5 Å². The maximum absolute atomic E-state index is 13.7. The van der Waals surface area contributed by atoms with E-state index >= 15 is 0 Å². The zero-order valence-electron chi connectivity index (χ0n) is 11.4. The number of ether oxygens (including phenoxy) is 1. The van der Waals surface area contributed by atoms with Gasteiger partial charge in [0.25, 0.3) is 0 Å². The lowest BCUT2D eigenvalue weighted by Gasteiger charge is -2.37. The van der Waals surface area contributed by atoms with Crippen molar-refractivity contribution < 1.29 is 9.13 Å². The molecule has 1 saturated carbocycles. The van der Waals surface area contributed by atoms with E-state index in [4.69, 9.17) is 16.3 Å². The molecule has 0 bridgehead atoms. The van der Waals surface area contributed by atoms with Gasteiger partial charge in [-0.2, -0.15) is 0 Å². The third-order valence-electron chi connectivity index (χ3n) is 3.77. The summed E-state index contributed by atoms with van der Waals surface area (Å²) in [4.78, 5) is 2.42. The second kappa shape index (κ2) is 7.11. The molecule has 0 aromatic heterocycles. The van der Waals surface area contributed by atoms with E-state index in [-0.39, 0.29) is 5.82 Å². The molecule has 1 aromatic carbocycles. The minimum absolute atomic E-state index is 0.286. The quantitative estimate of drug-likeness (QED) is 0.706. The van der Waals surface area contributed by atoms with Crippen molar-refractivity contribution in [2.75, 3.05) is 19.5 Å². The summed E-state index contributed by atoms with van der Waals surface area (Å²) in [5, 5.41) is 0. The number of methoxy groups -OCH3 is 1. The van der Waals surface area contributed by atoms with Crippen LogP contribution in [0.1, 0.15) is 31.2 Å². The molecule has 1 fully saturated rings. The van der Waals surface area contributed by atoms with Gasteiger partial charge in [0.05, 0.1) is 7.11 Å².